The fraction of sp³-hybridized carbons (Fsp3) is 0.600. The Morgan fingerprint density at radius 3 is 2.48 bits per heavy atom. The molecule has 0 radical (unpaired) electrons. The minimum absolute atomic E-state index is 0.117. The lowest BCUT2D eigenvalue weighted by Crippen LogP contribution is -2.52. The molecule has 1 aromatic carbocycles. The maximum Gasteiger partial charge on any atom is 0.226 e. The molecule has 2 aliphatic carbocycles. The lowest BCUT2D eigenvalue weighted by molar-refractivity contribution is -0.142. The number of piperazine rings is 1. The van der Waals surface area contributed by atoms with Crippen molar-refractivity contribution < 1.29 is 9.59 Å². The van der Waals surface area contributed by atoms with E-state index in [1.165, 1.54) is 14.7 Å². The van der Waals surface area contributed by atoms with E-state index < -0.39 is 0 Å². The molecule has 2 amide bonds. The van der Waals surface area contributed by atoms with Crippen molar-refractivity contribution in [3.8, 4) is 0 Å². The number of aryl methyl sites for hydroxylation is 1. The molecule has 3 atom stereocenters. The first-order chi connectivity index (χ1) is 12.0. The third-order valence-electron chi connectivity index (χ3n) is 6.43. The molecular weight excluding hydrogens is 427 g/mol. The maximum atomic E-state index is 13.1. The summed E-state index contributed by atoms with van der Waals surface area (Å²) in [6.45, 7) is 4.37. The molecule has 1 heterocycles. The fourth-order valence-electron chi connectivity index (χ4n) is 5.11. The summed E-state index contributed by atoms with van der Waals surface area (Å²) in [5.41, 5.74) is 2.99. The fourth-order valence-corrected chi connectivity index (χ4v) is 5.67. The molecule has 1 saturated heterocycles. The van der Waals surface area contributed by atoms with E-state index in [0.29, 0.717) is 43.9 Å². The van der Waals surface area contributed by atoms with Crippen LogP contribution in [0, 0.1) is 15.4 Å². The van der Waals surface area contributed by atoms with Crippen LogP contribution >= 0.6 is 22.6 Å². The van der Waals surface area contributed by atoms with E-state index in [-0.39, 0.29) is 11.8 Å². The van der Waals surface area contributed by atoms with Gasteiger partial charge in [0.05, 0.1) is 0 Å². The van der Waals surface area contributed by atoms with Gasteiger partial charge in [-0.1, -0.05) is 6.07 Å². The molecule has 1 aliphatic heterocycles. The minimum atomic E-state index is 0.117. The number of nitrogens with zero attached hydrogens (tertiary/aromatic N) is 2. The van der Waals surface area contributed by atoms with Crippen molar-refractivity contribution in [2.24, 2.45) is 11.8 Å². The average molecular weight is 452 g/mol. The van der Waals surface area contributed by atoms with Crippen LogP contribution < -0.4 is 0 Å². The number of fused-ring (bicyclic) bond motifs is 3. The quantitative estimate of drug-likeness (QED) is 0.615. The van der Waals surface area contributed by atoms with Gasteiger partial charge in [0.1, 0.15) is 0 Å². The third-order valence-corrected chi connectivity index (χ3v) is 7.10. The Bertz CT molecular complexity index is 697. The SMILES string of the molecule is CC(=O)N1CCN(C(=O)[C@@H]2CC[C@H]3c4ccc(I)cc4CC[C@@H]23)CC1. The van der Waals surface area contributed by atoms with Crippen molar-refractivity contribution in [3.05, 3.63) is 32.9 Å². The van der Waals surface area contributed by atoms with Crippen molar-refractivity contribution in [1.82, 2.24) is 9.80 Å². The van der Waals surface area contributed by atoms with E-state index in [2.05, 4.69) is 40.8 Å². The molecular formula is C20H25IN2O2. The zero-order valence-electron chi connectivity index (χ0n) is 14.7. The second kappa shape index (κ2) is 6.89. The summed E-state index contributed by atoms with van der Waals surface area (Å²) in [7, 11) is 0. The van der Waals surface area contributed by atoms with Gasteiger partial charge in [-0.2, -0.15) is 0 Å². The molecule has 0 spiro atoms. The Balaban J connectivity index is 1.46. The van der Waals surface area contributed by atoms with Gasteiger partial charge in [0, 0.05) is 42.6 Å². The number of amides is 2. The summed E-state index contributed by atoms with van der Waals surface area (Å²) in [6.07, 6.45) is 4.41. The zero-order chi connectivity index (χ0) is 17.6. The van der Waals surface area contributed by atoms with Crippen LogP contribution in [0.1, 0.15) is 43.2 Å². The molecule has 1 aromatic rings. The lowest BCUT2D eigenvalue weighted by atomic mass is 9.74. The van der Waals surface area contributed by atoms with Gasteiger partial charge >= 0.3 is 0 Å². The van der Waals surface area contributed by atoms with E-state index in [0.717, 1.165) is 25.7 Å². The number of benzene rings is 1. The Morgan fingerprint density at radius 1 is 1.04 bits per heavy atom. The van der Waals surface area contributed by atoms with Gasteiger partial charge in [-0.05, 0) is 83.4 Å². The molecule has 0 unspecified atom stereocenters. The molecule has 0 N–H and O–H groups in total. The van der Waals surface area contributed by atoms with Crippen molar-refractivity contribution in [3.63, 3.8) is 0 Å². The molecule has 4 rings (SSSR count). The highest BCUT2D eigenvalue weighted by atomic mass is 127. The molecule has 5 heteroatoms. The minimum Gasteiger partial charge on any atom is -0.339 e. The Kier molecular flexibility index (Phi) is 4.77. The van der Waals surface area contributed by atoms with E-state index in [1.807, 2.05) is 9.80 Å². The third kappa shape index (κ3) is 3.20. The highest BCUT2D eigenvalue weighted by Gasteiger charge is 2.44. The van der Waals surface area contributed by atoms with Crippen LogP contribution in [0.25, 0.3) is 0 Å². The maximum absolute atomic E-state index is 13.1. The first-order valence-electron chi connectivity index (χ1n) is 9.37. The van der Waals surface area contributed by atoms with E-state index >= 15 is 0 Å². The van der Waals surface area contributed by atoms with Crippen LogP contribution in [0.15, 0.2) is 18.2 Å². The van der Waals surface area contributed by atoms with Crippen molar-refractivity contribution in [1.29, 1.82) is 0 Å². The van der Waals surface area contributed by atoms with Gasteiger partial charge in [0.15, 0.2) is 0 Å². The highest BCUT2D eigenvalue weighted by Crippen LogP contribution is 2.50. The second-order valence-corrected chi connectivity index (χ2v) is 8.91. The number of carbonyl (C=O) groups excluding carboxylic acids is 2. The molecule has 134 valence electrons. The Morgan fingerprint density at radius 2 is 1.76 bits per heavy atom. The first kappa shape index (κ1) is 17.3. The van der Waals surface area contributed by atoms with Gasteiger partial charge in [-0.3, -0.25) is 9.59 Å². The summed E-state index contributed by atoms with van der Waals surface area (Å²) in [4.78, 5) is 28.5. The second-order valence-electron chi connectivity index (χ2n) is 7.67. The van der Waals surface area contributed by atoms with Crippen molar-refractivity contribution in [2.45, 2.75) is 38.5 Å². The molecule has 25 heavy (non-hydrogen) atoms. The number of hydrogen-bond acceptors (Lipinski definition) is 2. The average Bonchev–Trinajstić information content (AvgIpc) is 3.05. The monoisotopic (exact) mass is 452 g/mol. The smallest absolute Gasteiger partial charge is 0.226 e. The topological polar surface area (TPSA) is 40.6 Å². The van der Waals surface area contributed by atoms with Crippen LogP contribution in [-0.4, -0.2) is 47.8 Å². The van der Waals surface area contributed by atoms with E-state index in [4.69, 9.17) is 0 Å². The van der Waals surface area contributed by atoms with Gasteiger partial charge in [-0.15, -0.1) is 0 Å². The Hall–Kier alpha value is -1.11. The molecule has 4 nitrogen and oxygen atoms in total. The van der Waals surface area contributed by atoms with Gasteiger partial charge in [0.25, 0.3) is 0 Å². The molecule has 0 aromatic heterocycles. The van der Waals surface area contributed by atoms with Crippen LogP contribution in [0.5, 0.6) is 0 Å². The summed E-state index contributed by atoms with van der Waals surface area (Å²) >= 11 is 2.39. The summed E-state index contributed by atoms with van der Waals surface area (Å²) in [5.74, 6) is 1.71. The van der Waals surface area contributed by atoms with Gasteiger partial charge < -0.3 is 9.80 Å². The van der Waals surface area contributed by atoms with E-state index in [1.54, 1.807) is 6.92 Å². The normalized spacial score (nSPS) is 28.5. The van der Waals surface area contributed by atoms with Crippen LogP contribution in [0.3, 0.4) is 0 Å². The summed E-state index contributed by atoms with van der Waals surface area (Å²) in [6, 6.07) is 6.83. The van der Waals surface area contributed by atoms with Crippen LogP contribution in [-0.2, 0) is 16.0 Å². The zero-order valence-corrected chi connectivity index (χ0v) is 16.9. The van der Waals surface area contributed by atoms with Gasteiger partial charge in [0.2, 0.25) is 11.8 Å². The standard InChI is InChI=1S/C20H25IN2O2/c1-13(24)22-8-10-23(11-9-22)20(25)19-7-6-17-16-5-3-15(21)12-14(16)2-4-18(17)19/h3,5,12,17-19H,2,4,6-11H2,1H3/t17-,18+,19+/m0/s1. The van der Waals surface area contributed by atoms with Crippen LogP contribution in [0.2, 0.25) is 0 Å². The number of carbonyl (C=O) groups is 2. The molecule has 1 saturated carbocycles. The predicted molar refractivity (Wildman–Crippen MR) is 105 cm³/mol. The predicted octanol–water partition coefficient (Wildman–Crippen LogP) is 3.04. The molecule has 2 fully saturated rings. The molecule has 3 aliphatic rings. The first-order valence-corrected chi connectivity index (χ1v) is 10.4. The van der Waals surface area contributed by atoms with Gasteiger partial charge in [-0.25, -0.2) is 0 Å². The van der Waals surface area contributed by atoms with E-state index in [9.17, 15) is 9.59 Å². The van der Waals surface area contributed by atoms with Crippen molar-refractivity contribution >= 4 is 34.4 Å². The Labute approximate surface area is 163 Å². The number of hydrogen-bond donors (Lipinski definition) is 0. The number of rotatable bonds is 1. The van der Waals surface area contributed by atoms with Crippen LogP contribution in [0.4, 0.5) is 0 Å². The highest BCUT2D eigenvalue weighted by molar-refractivity contribution is 14.1. The summed E-state index contributed by atoms with van der Waals surface area (Å²) < 4.78 is 1.31. The summed E-state index contributed by atoms with van der Waals surface area (Å²) in [5, 5.41) is 0. The lowest BCUT2D eigenvalue weighted by Gasteiger charge is -2.37. The number of halogens is 1. The van der Waals surface area contributed by atoms with Crippen molar-refractivity contribution in [2.75, 3.05) is 26.2 Å². The molecule has 0 bridgehead atoms. The largest absolute Gasteiger partial charge is 0.339 e.